The van der Waals surface area contributed by atoms with Crippen molar-refractivity contribution < 1.29 is 31.4 Å². The number of thiophene rings is 1. The van der Waals surface area contributed by atoms with Crippen molar-refractivity contribution >= 4 is 11.3 Å². The Morgan fingerprint density at radius 2 is 1.50 bits per heavy atom. The van der Waals surface area contributed by atoms with Crippen LogP contribution < -0.4 is 0 Å². The van der Waals surface area contributed by atoms with Gasteiger partial charge in [0.1, 0.15) is 6.10 Å². The predicted octanol–water partition coefficient (Wildman–Crippen LogP) is 4.14. The van der Waals surface area contributed by atoms with Crippen LogP contribution in [0.3, 0.4) is 0 Å². The summed E-state index contributed by atoms with van der Waals surface area (Å²) in [5.74, 6) is -3.77. The van der Waals surface area contributed by atoms with Gasteiger partial charge in [-0.15, -0.1) is 11.3 Å². The monoisotopic (exact) mass is 292 g/mol. The molecule has 0 saturated heterocycles. The minimum absolute atomic E-state index is 0.249. The van der Waals surface area contributed by atoms with Crippen molar-refractivity contribution in [3.8, 4) is 0 Å². The van der Waals surface area contributed by atoms with Crippen LogP contribution in [-0.4, -0.2) is 17.5 Å². The van der Waals surface area contributed by atoms with E-state index in [9.17, 15) is 31.4 Å². The fourth-order valence-corrected chi connectivity index (χ4v) is 2.63. The Hall–Kier alpha value is -0.760. The lowest BCUT2D eigenvalue weighted by Crippen LogP contribution is -2.40. The van der Waals surface area contributed by atoms with Crippen LogP contribution in [0.1, 0.15) is 21.4 Å². The molecule has 1 nitrogen and oxygen atoms in total. The quantitative estimate of drug-likeness (QED) is 0.812. The van der Waals surface area contributed by atoms with Crippen LogP contribution in [0.4, 0.5) is 26.3 Å². The van der Waals surface area contributed by atoms with E-state index in [1.807, 2.05) is 0 Å². The highest BCUT2D eigenvalue weighted by Crippen LogP contribution is 2.47. The molecule has 0 spiro atoms. The topological polar surface area (TPSA) is 20.2 Å². The van der Waals surface area contributed by atoms with E-state index in [2.05, 4.69) is 0 Å². The molecule has 1 aromatic rings. The van der Waals surface area contributed by atoms with Gasteiger partial charge < -0.3 is 5.11 Å². The molecule has 8 heteroatoms. The molecule has 1 aromatic heterocycles. The molecule has 0 amide bonds. The van der Waals surface area contributed by atoms with Gasteiger partial charge in [-0.05, 0) is 25.5 Å². The molecule has 0 aliphatic carbocycles. The standard InChI is InChI=1S/C10H10F6OS/c1-4-3-6(5(2)18-4)7(17)8(9(11,12)13)10(14,15)16/h3,7-8,17H,1-2H3. The largest absolute Gasteiger partial charge is 0.403 e. The van der Waals surface area contributed by atoms with Crippen molar-refractivity contribution in [1.29, 1.82) is 0 Å². The average molecular weight is 292 g/mol. The molecule has 0 aliphatic rings. The Labute approximate surface area is 103 Å². The minimum atomic E-state index is -5.54. The molecule has 1 heterocycles. The number of hydrogen-bond donors (Lipinski definition) is 1. The van der Waals surface area contributed by atoms with E-state index in [1.165, 1.54) is 6.92 Å². The maximum Gasteiger partial charge on any atom is 0.403 e. The summed E-state index contributed by atoms with van der Waals surface area (Å²) in [6.07, 6.45) is -13.7. The number of alkyl halides is 6. The number of aliphatic hydroxyl groups excluding tert-OH is 1. The molecule has 0 aliphatic heterocycles. The number of hydrogen-bond acceptors (Lipinski definition) is 2. The van der Waals surface area contributed by atoms with Gasteiger partial charge in [0.2, 0.25) is 0 Å². The molecule has 1 unspecified atom stereocenters. The van der Waals surface area contributed by atoms with Gasteiger partial charge in [0.25, 0.3) is 0 Å². The highest BCUT2D eigenvalue weighted by atomic mass is 32.1. The number of aryl methyl sites for hydroxylation is 2. The zero-order valence-corrected chi connectivity index (χ0v) is 10.2. The summed E-state index contributed by atoms with van der Waals surface area (Å²) in [6, 6.07) is 1.15. The van der Waals surface area contributed by atoms with Crippen molar-refractivity contribution in [2.24, 2.45) is 5.92 Å². The highest BCUT2D eigenvalue weighted by molar-refractivity contribution is 7.12. The van der Waals surface area contributed by atoms with Gasteiger partial charge in [-0.3, -0.25) is 0 Å². The number of halogens is 6. The van der Waals surface area contributed by atoms with E-state index >= 15 is 0 Å². The zero-order chi connectivity index (χ0) is 14.3. The lowest BCUT2D eigenvalue weighted by molar-refractivity contribution is -0.307. The minimum Gasteiger partial charge on any atom is -0.387 e. The van der Waals surface area contributed by atoms with Crippen LogP contribution in [-0.2, 0) is 0 Å². The summed E-state index contributed by atoms with van der Waals surface area (Å²) in [5, 5.41) is 9.41. The average Bonchev–Trinajstić information content (AvgIpc) is 2.39. The first kappa shape index (κ1) is 15.3. The first-order chi connectivity index (χ1) is 7.94. The third-order valence-electron chi connectivity index (χ3n) is 2.42. The van der Waals surface area contributed by atoms with Gasteiger partial charge in [0.15, 0.2) is 5.92 Å². The highest BCUT2D eigenvalue weighted by Gasteiger charge is 2.60. The van der Waals surface area contributed by atoms with Gasteiger partial charge in [-0.25, -0.2) is 0 Å². The second kappa shape index (κ2) is 4.73. The van der Waals surface area contributed by atoms with Crippen molar-refractivity contribution in [3.63, 3.8) is 0 Å². The molecule has 0 saturated carbocycles. The fourth-order valence-electron chi connectivity index (χ4n) is 1.67. The Kier molecular flexibility index (Phi) is 4.02. The summed E-state index contributed by atoms with van der Waals surface area (Å²) in [7, 11) is 0. The summed E-state index contributed by atoms with van der Waals surface area (Å²) in [5.41, 5.74) is -0.322. The first-order valence-electron chi connectivity index (χ1n) is 4.83. The predicted molar refractivity (Wildman–Crippen MR) is 54.4 cm³/mol. The van der Waals surface area contributed by atoms with Crippen molar-refractivity contribution in [3.05, 3.63) is 21.4 Å². The summed E-state index contributed by atoms with van der Waals surface area (Å²) in [4.78, 5) is 0.795. The van der Waals surface area contributed by atoms with Gasteiger partial charge in [0, 0.05) is 9.75 Å². The third-order valence-corrected chi connectivity index (χ3v) is 3.40. The summed E-state index contributed by atoms with van der Waals surface area (Å²) < 4.78 is 74.5. The van der Waals surface area contributed by atoms with Gasteiger partial charge >= 0.3 is 12.4 Å². The van der Waals surface area contributed by atoms with Crippen molar-refractivity contribution in [2.45, 2.75) is 32.3 Å². The molecule has 0 aromatic carbocycles. The lowest BCUT2D eigenvalue weighted by atomic mass is 9.95. The van der Waals surface area contributed by atoms with E-state index in [0.717, 1.165) is 17.4 Å². The second-order valence-corrected chi connectivity index (χ2v) is 5.33. The molecule has 104 valence electrons. The van der Waals surface area contributed by atoms with E-state index in [4.69, 9.17) is 0 Å². The van der Waals surface area contributed by atoms with E-state index in [-0.39, 0.29) is 10.4 Å². The van der Waals surface area contributed by atoms with Crippen LogP contribution in [0.25, 0.3) is 0 Å². The summed E-state index contributed by atoms with van der Waals surface area (Å²) in [6.45, 7) is 2.92. The molecule has 0 radical (unpaired) electrons. The van der Waals surface area contributed by atoms with Gasteiger partial charge in [0.05, 0.1) is 0 Å². The molecular formula is C10H10F6OS. The third kappa shape index (κ3) is 3.17. The van der Waals surface area contributed by atoms with Crippen LogP contribution in [0, 0.1) is 19.8 Å². The molecule has 18 heavy (non-hydrogen) atoms. The molecule has 1 rings (SSSR count). The zero-order valence-electron chi connectivity index (χ0n) is 9.36. The van der Waals surface area contributed by atoms with Crippen LogP contribution in [0.5, 0.6) is 0 Å². The van der Waals surface area contributed by atoms with Crippen LogP contribution in [0.2, 0.25) is 0 Å². The number of aliphatic hydroxyl groups is 1. The molecule has 1 N–H and O–H groups in total. The Bertz CT molecular complexity index is 405. The van der Waals surface area contributed by atoms with Gasteiger partial charge in [-0.1, -0.05) is 0 Å². The maximum absolute atomic E-state index is 12.4. The van der Waals surface area contributed by atoms with Crippen LogP contribution >= 0.6 is 11.3 Å². The normalized spacial score (nSPS) is 15.2. The first-order valence-corrected chi connectivity index (χ1v) is 5.64. The Morgan fingerprint density at radius 1 is 1.06 bits per heavy atom. The smallest absolute Gasteiger partial charge is 0.387 e. The molecule has 1 atom stereocenters. The van der Waals surface area contributed by atoms with Crippen LogP contribution in [0.15, 0.2) is 6.07 Å². The van der Waals surface area contributed by atoms with Crippen molar-refractivity contribution in [2.75, 3.05) is 0 Å². The SMILES string of the molecule is Cc1cc(C(O)C(C(F)(F)F)C(F)(F)F)c(C)s1. The Balaban J connectivity index is 3.19. The molecule has 0 bridgehead atoms. The fraction of sp³-hybridized carbons (Fsp3) is 0.600. The lowest BCUT2D eigenvalue weighted by Gasteiger charge is -2.27. The second-order valence-electron chi connectivity index (χ2n) is 3.87. The molecule has 0 fully saturated rings. The molecular weight excluding hydrogens is 282 g/mol. The maximum atomic E-state index is 12.4. The van der Waals surface area contributed by atoms with E-state index < -0.39 is 24.4 Å². The Morgan fingerprint density at radius 3 is 1.78 bits per heavy atom. The summed E-state index contributed by atoms with van der Waals surface area (Å²) >= 11 is 1.04. The van der Waals surface area contributed by atoms with E-state index in [0.29, 0.717) is 4.88 Å². The van der Waals surface area contributed by atoms with Crippen molar-refractivity contribution in [1.82, 2.24) is 0 Å². The van der Waals surface area contributed by atoms with E-state index in [1.54, 1.807) is 6.92 Å². The number of rotatable bonds is 2. The van der Waals surface area contributed by atoms with Gasteiger partial charge in [-0.2, -0.15) is 26.3 Å².